The van der Waals surface area contributed by atoms with Crippen molar-refractivity contribution in [3.05, 3.63) is 64.8 Å². The van der Waals surface area contributed by atoms with Crippen molar-refractivity contribution in [3.63, 3.8) is 0 Å². The topological polar surface area (TPSA) is 84.9 Å². The number of halogens is 3. The molecule has 3 atom stereocenters. The lowest BCUT2D eigenvalue weighted by atomic mass is 9.86. The van der Waals surface area contributed by atoms with E-state index >= 15 is 0 Å². The highest BCUT2D eigenvalue weighted by molar-refractivity contribution is 8.03. The van der Waals surface area contributed by atoms with Crippen LogP contribution in [-0.4, -0.2) is 34.6 Å². The van der Waals surface area contributed by atoms with Crippen molar-refractivity contribution in [2.75, 3.05) is 0 Å². The van der Waals surface area contributed by atoms with Gasteiger partial charge in [0.2, 0.25) is 0 Å². The highest BCUT2D eigenvalue weighted by Crippen LogP contribution is 2.41. The predicted molar refractivity (Wildman–Crippen MR) is 117 cm³/mol. The summed E-state index contributed by atoms with van der Waals surface area (Å²) >= 11 is 1.57. The third kappa shape index (κ3) is 6.34. The van der Waals surface area contributed by atoms with Crippen LogP contribution < -0.4 is 10.1 Å². The lowest BCUT2D eigenvalue weighted by Gasteiger charge is -2.30. The van der Waals surface area contributed by atoms with Crippen molar-refractivity contribution >= 4 is 23.6 Å². The van der Waals surface area contributed by atoms with E-state index in [-0.39, 0.29) is 29.1 Å². The fourth-order valence-electron chi connectivity index (χ4n) is 3.44. The minimum Gasteiger partial charge on any atom is -0.492 e. The molecule has 3 rings (SSSR count). The Kier molecular flexibility index (Phi) is 7.16. The monoisotopic (exact) mass is 483 g/mol. The average Bonchev–Trinajstić information content (AvgIpc) is 3.18. The highest BCUT2D eigenvalue weighted by atomic mass is 32.2. The molecular weight excluding hydrogens is 459 g/mol. The average molecular weight is 484 g/mol. The summed E-state index contributed by atoms with van der Waals surface area (Å²) in [4.78, 5) is 24.7. The summed E-state index contributed by atoms with van der Waals surface area (Å²) in [5.41, 5.74) is 0.0828. The van der Waals surface area contributed by atoms with E-state index in [1.807, 2.05) is 17.6 Å². The molecule has 1 aliphatic carbocycles. The first-order chi connectivity index (χ1) is 15.3. The van der Waals surface area contributed by atoms with Gasteiger partial charge in [0.1, 0.15) is 24.2 Å². The first-order valence-corrected chi connectivity index (χ1v) is 11.0. The van der Waals surface area contributed by atoms with E-state index in [1.54, 1.807) is 38.6 Å². The van der Waals surface area contributed by atoms with Crippen LogP contribution in [0.3, 0.4) is 0 Å². The van der Waals surface area contributed by atoms with Gasteiger partial charge in [0.25, 0.3) is 5.91 Å². The molecule has 33 heavy (non-hydrogen) atoms. The Bertz CT molecular complexity index is 993. The van der Waals surface area contributed by atoms with Crippen LogP contribution in [0.4, 0.5) is 13.2 Å². The number of carbonyl (C=O) groups is 2. The standard InChI is InChI=1S/C23H24F3NO5S/c1-22(2,3)19(21(29)30)27-20(28)16-8-9-17-15(10-11-33-17)18(16)31-12-13-4-6-14(7-5-13)32-23(24,25)26/h4-11,15,17,19H,12H2,1-3H3,(H,27,28)(H,29,30)/t15?,17?,19-/m1/s1. The molecule has 2 N–H and O–H groups in total. The molecule has 6 nitrogen and oxygen atoms in total. The maximum absolute atomic E-state index is 13.0. The summed E-state index contributed by atoms with van der Waals surface area (Å²) in [6.45, 7) is 5.16. The van der Waals surface area contributed by atoms with E-state index in [1.165, 1.54) is 24.3 Å². The van der Waals surface area contributed by atoms with Crippen LogP contribution in [0.1, 0.15) is 26.3 Å². The third-order valence-corrected chi connectivity index (χ3v) is 6.16. The van der Waals surface area contributed by atoms with Crippen LogP contribution >= 0.6 is 11.8 Å². The number of ether oxygens (including phenoxy) is 2. The summed E-state index contributed by atoms with van der Waals surface area (Å²) in [6.07, 6.45) is 0.614. The van der Waals surface area contributed by atoms with Gasteiger partial charge in [-0.05, 0) is 34.6 Å². The number of nitrogens with one attached hydrogen (secondary N) is 1. The smallest absolute Gasteiger partial charge is 0.492 e. The second-order valence-electron chi connectivity index (χ2n) is 8.68. The zero-order valence-corrected chi connectivity index (χ0v) is 19.0. The second-order valence-corrected chi connectivity index (χ2v) is 9.77. The van der Waals surface area contributed by atoms with Crippen molar-refractivity contribution in [1.29, 1.82) is 0 Å². The molecule has 0 bridgehead atoms. The van der Waals surface area contributed by atoms with Gasteiger partial charge < -0.3 is 19.9 Å². The number of hydrogen-bond donors (Lipinski definition) is 2. The number of hydrogen-bond acceptors (Lipinski definition) is 5. The van der Waals surface area contributed by atoms with E-state index in [9.17, 15) is 27.9 Å². The number of carbonyl (C=O) groups excluding carboxylic acids is 1. The van der Waals surface area contributed by atoms with Crippen molar-refractivity contribution in [1.82, 2.24) is 5.32 Å². The molecule has 1 aromatic carbocycles. The molecule has 1 aromatic rings. The molecule has 1 aliphatic heterocycles. The van der Waals surface area contributed by atoms with Gasteiger partial charge in [0.15, 0.2) is 0 Å². The Morgan fingerprint density at radius 2 is 1.82 bits per heavy atom. The van der Waals surface area contributed by atoms with Crippen LogP contribution in [0.15, 0.2) is 59.2 Å². The van der Waals surface area contributed by atoms with Gasteiger partial charge in [-0.1, -0.05) is 45.1 Å². The minimum atomic E-state index is -4.78. The number of allylic oxidation sites excluding steroid dienone is 1. The van der Waals surface area contributed by atoms with Gasteiger partial charge >= 0.3 is 12.3 Å². The molecule has 0 spiro atoms. The Hall–Kier alpha value is -2.88. The van der Waals surface area contributed by atoms with Crippen molar-refractivity contribution in [3.8, 4) is 5.75 Å². The number of carboxylic acid groups (broad SMARTS) is 1. The van der Waals surface area contributed by atoms with E-state index in [0.717, 1.165) is 0 Å². The van der Waals surface area contributed by atoms with Gasteiger partial charge in [-0.2, -0.15) is 0 Å². The fourth-order valence-corrected chi connectivity index (χ4v) is 4.43. The lowest BCUT2D eigenvalue weighted by molar-refractivity contribution is -0.274. The Morgan fingerprint density at radius 3 is 2.39 bits per heavy atom. The van der Waals surface area contributed by atoms with Gasteiger partial charge in [-0.3, -0.25) is 4.79 Å². The van der Waals surface area contributed by atoms with Crippen LogP contribution in [0.5, 0.6) is 5.75 Å². The largest absolute Gasteiger partial charge is 0.573 e. The number of amides is 1. The molecule has 0 saturated heterocycles. The predicted octanol–water partition coefficient (Wildman–Crippen LogP) is 4.79. The molecule has 0 fully saturated rings. The number of fused-ring (bicyclic) bond motifs is 1. The van der Waals surface area contributed by atoms with E-state index in [4.69, 9.17) is 4.74 Å². The van der Waals surface area contributed by atoms with E-state index in [2.05, 4.69) is 10.1 Å². The zero-order valence-electron chi connectivity index (χ0n) is 18.2. The second kappa shape index (κ2) is 9.54. The number of alkyl halides is 3. The van der Waals surface area contributed by atoms with E-state index in [0.29, 0.717) is 11.3 Å². The lowest BCUT2D eigenvalue weighted by Crippen LogP contribution is -2.49. The maximum atomic E-state index is 13.0. The van der Waals surface area contributed by atoms with Crippen LogP contribution in [-0.2, 0) is 20.9 Å². The number of thioether (sulfide) groups is 1. The van der Waals surface area contributed by atoms with Crippen molar-refractivity contribution in [2.45, 2.75) is 45.0 Å². The summed E-state index contributed by atoms with van der Waals surface area (Å²) in [7, 11) is 0. The Morgan fingerprint density at radius 1 is 1.15 bits per heavy atom. The summed E-state index contributed by atoms with van der Waals surface area (Å²) in [6, 6.07) is 4.14. The molecule has 2 aliphatic rings. The summed E-state index contributed by atoms with van der Waals surface area (Å²) < 4.78 is 46.9. The first-order valence-electron chi connectivity index (χ1n) is 10.1. The molecular formula is C23H24F3NO5S. The van der Waals surface area contributed by atoms with Crippen LogP contribution in [0, 0.1) is 11.3 Å². The minimum absolute atomic E-state index is 0.00953. The highest BCUT2D eigenvalue weighted by Gasteiger charge is 2.37. The molecule has 10 heteroatoms. The molecule has 0 aromatic heterocycles. The molecule has 2 unspecified atom stereocenters. The number of rotatable bonds is 7. The number of aliphatic carboxylic acids is 1. The molecule has 178 valence electrons. The van der Waals surface area contributed by atoms with E-state index < -0.39 is 29.7 Å². The van der Waals surface area contributed by atoms with Gasteiger partial charge in [0, 0.05) is 5.25 Å². The zero-order chi connectivity index (χ0) is 24.4. The maximum Gasteiger partial charge on any atom is 0.573 e. The van der Waals surface area contributed by atoms with Crippen LogP contribution in [0.2, 0.25) is 0 Å². The normalized spacial score (nSPS) is 20.9. The van der Waals surface area contributed by atoms with Gasteiger partial charge in [-0.25, -0.2) is 4.79 Å². The molecule has 0 radical (unpaired) electrons. The quantitative estimate of drug-likeness (QED) is 0.580. The molecule has 1 heterocycles. The third-order valence-electron chi connectivity index (χ3n) is 5.08. The first kappa shape index (κ1) is 24.8. The fraction of sp³-hybridized carbons (Fsp3) is 0.391. The molecule has 0 saturated carbocycles. The number of carboxylic acids is 1. The summed E-state index contributed by atoms with van der Waals surface area (Å²) in [5, 5.41) is 14.1. The van der Waals surface area contributed by atoms with Crippen molar-refractivity contribution in [2.24, 2.45) is 11.3 Å². The summed E-state index contributed by atoms with van der Waals surface area (Å²) in [5.74, 6) is -1.89. The molecule has 1 amide bonds. The van der Waals surface area contributed by atoms with Gasteiger partial charge in [0.05, 0.1) is 11.5 Å². The Balaban J connectivity index is 1.80. The van der Waals surface area contributed by atoms with Crippen LogP contribution in [0.25, 0.3) is 0 Å². The van der Waals surface area contributed by atoms with Crippen molar-refractivity contribution < 1.29 is 37.3 Å². The van der Waals surface area contributed by atoms with Gasteiger partial charge in [-0.15, -0.1) is 24.9 Å². The number of benzene rings is 1. The Labute approximate surface area is 193 Å². The SMILES string of the molecule is CC(C)(C)[C@H](NC(=O)C1=C(OCc2ccc(OC(F)(F)F)cc2)C2C=CSC2C=C1)C(=O)O.